The SMILES string of the molecule is CCOC(=O)c1c(NC(=O)c2ccn(COc3cc(C)c(Cl)c(C)c3)n2)sc(C)c1C. The van der Waals surface area contributed by atoms with Gasteiger partial charge in [0.05, 0.1) is 12.2 Å². The Labute approximate surface area is 189 Å². The van der Waals surface area contributed by atoms with Crippen LogP contribution in [0.2, 0.25) is 5.02 Å². The number of aryl methyl sites for hydroxylation is 3. The van der Waals surface area contributed by atoms with Gasteiger partial charge in [0.2, 0.25) is 0 Å². The van der Waals surface area contributed by atoms with Crippen molar-refractivity contribution in [2.45, 2.75) is 41.3 Å². The van der Waals surface area contributed by atoms with Gasteiger partial charge in [0.15, 0.2) is 12.4 Å². The summed E-state index contributed by atoms with van der Waals surface area (Å²) in [5.74, 6) is -0.194. The van der Waals surface area contributed by atoms with E-state index >= 15 is 0 Å². The number of hydrogen-bond donors (Lipinski definition) is 1. The smallest absolute Gasteiger partial charge is 0.341 e. The third kappa shape index (κ3) is 5.08. The number of hydrogen-bond acceptors (Lipinski definition) is 6. The summed E-state index contributed by atoms with van der Waals surface area (Å²) in [5.41, 5.74) is 3.25. The molecule has 3 rings (SSSR count). The van der Waals surface area contributed by atoms with Crippen molar-refractivity contribution in [3.05, 3.63) is 62.2 Å². The van der Waals surface area contributed by atoms with Crippen LogP contribution < -0.4 is 10.1 Å². The predicted molar refractivity (Wildman–Crippen MR) is 121 cm³/mol. The van der Waals surface area contributed by atoms with Gasteiger partial charge in [0.1, 0.15) is 10.8 Å². The lowest BCUT2D eigenvalue weighted by molar-refractivity contribution is 0.0527. The van der Waals surface area contributed by atoms with E-state index in [1.54, 1.807) is 19.2 Å². The minimum atomic E-state index is -0.452. The highest BCUT2D eigenvalue weighted by molar-refractivity contribution is 7.16. The van der Waals surface area contributed by atoms with Gasteiger partial charge in [0.25, 0.3) is 5.91 Å². The van der Waals surface area contributed by atoms with E-state index in [1.165, 1.54) is 16.0 Å². The Morgan fingerprint density at radius 1 is 1.19 bits per heavy atom. The van der Waals surface area contributed by atoms with Gasteiger partial charge in [-0.15, -0.1) is 11.3 Å². The number of esters is 1. The molecular weight excluding hydrogens is 438 g/mol. The summed E-state index contributed by atoms with van der Waals surface area (Å²) in [4.78, 5) is 25.9. The van der Waals surface area contributed by atoms with Gasteiger partial charge in [-0.05, 0) is 69.5 Å². The molecule has 31 heavy (non-hydrogen) atoms. The molecule has 2 heterocycles. The summed E-state index contributed by atoms with van der Waals surface area (Å²) in [7, 11) is 0. The first-order chi connectivity index (χ1) is 14.7. The summed E-state index contributed by atoms with van der Waals surface area (Å²) >= 11 is 7.52. The molecule has 0 aliphatic carbocycles. The predicted octanol–water partition coefficient (Wildman–Crippen LogP) is 5.30. The Bertz CT molecular complexity index is 1110. The molecule has 0 unspecified atom stereocenters. The number of rotatable bonds is 7. The highest BCUT2D eigenvalue weighted by Gasteiger charge is 2.23. The molecular formula is C22H24ClN3O4S. The monoisotopic (exact) mass is 461 g/mol. The van der Waals surface area contributed by atoms with Crippen molar-refractivity contribution < 1.29 is 19.1 Å². The third-order valence-corrected chi connectivity index (χ3v) is 6.46. The molecule has 0 aliphatic rings. The summed E-state index contributed by atoms with van der Waals surface area (Å²) < 4.78 is 12.4. The van der Waals surface area contributed by atoms with E-state index in [0.29, 0.717) is 21.3 Å². The molecule has 1 aromatic carbocycles. The normalized spacial score (nSPS) is 10.8. The fourth-order valence-corrected chi connectivity index (χ4v) is 4.17. The highest BCUT2D eigenvalue weighted by atomic mass is 35.5. The molecule has 0 bridgehead atoms. The topological polar surface area (TPSA) is 82.5 Å². The number of amides is 1. The minimum absolute atomic E-state index is 0.138. The number of ether oxygens (including phenoxy) is 2. The first-order valence-corrected chi connectivity index (χ1v) is 10.9. The van der Waals surface area contributed by atoms with Crippen LogP contribution in [0.1, 0.15) is 49.3 Å². The Morgan fingerprint density at radius 2 is 1.87 bits per heavy atom. The van der Waals surface area contributed by atoms with Crippen LogP contribution >= 0.6 is 22.9 Å². The molecule has 7 nitrogen and oxygen atoms in total. The molecule has 0 radical (unpaired) electrons. The first kappa shape index (κ1) is 22.8. The maximum Gasteiger partial charge on any atom is 0.341 e. The maximum atomic E-state index is 12.7. The van der Waals surface area contributed by atoms with Crippen molar-refractivity contribution in [1.82, 2.24) is 9.78 Å². The number of carbonyl (C=O) groups excluding carboxylic acids is 2. The van der Waals surface area contributed by atoms with E-state index in [2.05, 4.69) is 10.4 Å². The number of carbonyl (C=O) groups is 2. The van der Waals surface area contributed by atoms with Crippen molar-refractivity contribution in [2.24, 2.45) is 0 Å². The second-order valence-corrected chi connectivity index (χ2v) is 8.65. The average molecular weight is 462 g/mol. The molecule has 0 aliphatic heterocycles. The Morgan fingerprint density at radius 3 is 2.52 bits per heavy atom. The molecule has 3 aromatic rings. The molecule has 0 spiro atoms. The van der Waals surface area contributed by atoms with Crippen LogP contribution in [0.4, 0.5) is 5.00 Å². The number of aromatic nitrogens is 2. The third-order valence-electron chi connectivity index (χ3n) is 4.74. The molecule has 0 saturated heterocycles. The molecule has 1 amide bonds. The van der Waals surface area contributed by atoms with Crippen LogP contribution in [0.3, 0.4) is 0 Å². The van der Waals surface area contributed by atoms with Crippen LogP contribution in [0.15, 0.2) is 24.4 Å². The lowest BCUT2D eigenvalue weighted by Crippen LogP contribution is -2.16. The number of halogens is 1. The maximum absolute atomic E-state index is 12.7. The zero-order chi connectivity index (χ0) is 22.7. The highest BCUT2D eigenvalue weighted by Crippen LogP contribution is 2.33. The van der Waals surface area contributed by atoms with Crippen LogP contribution in [0.5, 0.6) is 5.75 Å². The fourth-order valence-electron chi connectivity index (χ4n) is 3.02. The number of anilines is 1. The van der Waals surface area contributed by atoms with Crippen LogP contribution in [0.25, 0.3) is 0 Å². The van der Waals surface area contributed by atoms with Crippen molar-refractivity contribution >= 4 is 39.8 Å². The summed E-state index contributed by atoms with van der Waals surface area (Å²) in [6, 6.07) is 5.30. The second-order valence-electron chi connectivity index (χ2n) is 7.05. The van der Waals surface area contributed by atoms with Crippen molar-refractivity contribution in [2.75, 3.05) is 11.9 Å². The quantitative estimate of drug-likeness (QED) is 0.483. The molecule has 2 aromatic heterocycles. The van der Waals surface area contributed by atoms with Gasteiger partial charge in [-0.3, -0.25) is 4.79 Å². The Kier molecular flexibility index (Phi) is 7.02. The lowest BCUT2D eigenvalue weighted by Gasteiger charge is -2.10. The van der Waals surface area contributed by atoms with Crippen LogP contribution in [-0.4, -0.2) is 28.3 Å². The van der Waals surface area contributed by atoms with Crippen molar-refractivity contribution in [3.8, 4) is 5.75 Å². The average Bonchev–Trinajstić information content (AvgIpc) is 3.29. The van der Waals surface area contributed by atoms with E-state index in [1.807, 2.05) is 39.8 Å². The van der Waals surface area contributed by atoms with Crippen molar-refractivity contribution in [1.29, 1.82) is 0 Å². The zero-order valence-electron chi connectivity index (χ0n) is 18.0. The number of nitrogens with zero attached hydrogens (tertiary/aromatic N) is 2. The largest absolute Gasteiger partial charge is 0.471 e. The number of nitrogens with one attached hydrogen (secondary N) is 1. The van der Waals surface area contributed by atoms with Gasteiger partial charge in [-0.25, -0.2) is 9.48 Å². The molecule has 0 fully saturated rings. The van der Waals surface area contributed by atoms with E-state index < -0.39 is 11.9 Å². The summed E-state index contributed by atoms with van der Waals surface area (Å²) in [6.45, 7) is 9.70. The van der Waals surface area contributed by atoms with Gasteiger partial charge in [0, 0.05) is 16.1 Å². The van der Waals surface area contributed by atoms with Gasteiger partial charge in [-0.2, -0.15) is 5.10 Å². The van der Waals surface area contributed by atoms with E-state index in [-0.39, 0.29) is 19.0 Å². The van der Waals surface area contributed by atoms with Gasteiger partial charge >= 0.3 is 5.97 Å². The van der Waals surface area contributed by atoms with E-state index in [4.69, 9.17) is 21.1 Å². The number of thiophene rings is 1. The summed E-state index contributed by atoms with van der Waals surface area (Å²) in [5, 5.41) is 8.22. The van der Waals surface area contributed by atoms with Crippen LogP contribution in [-0.2, 0) is 11.5 Å². The Hall–Kier alpha value is -2.84. The van der Waals surface area contributed by atoms with E-state index in [0.717, 1.165) is 21.6 Å². The summed E-state index contributed by atoms with van der Waals surface area (Å²) in [6.07, 6.45) is 1.65. The molecule has 0 saturated carbocycles. The van der Waals surface area contributed by atoms with Gasteiger partial charge in [-0.1, -0.05) is 11.6 Å². The first-order valence-electron chi connectivity index (χ1n) is 9.72. The van der Waals surface area contributed by atoms with Crippen molar-refractivity contribution in [3.63, 3.8) is 0 Å². The zero-order valence-corrected chi connectivity index (χ0v) is 19.6. The Balaban J connectivity index is 1.70. The number of benzene rings is 1. The lowest BCUT2D eigenvalue weighted by atomic mass is 10.1. The van der Waals surface area contributed by atoms with Gasteiger partial charge < -0.3 is 14.8 Å². The van der Waals surface area contributed by atoms with E-state index in [9.17, 15) is 9.59 Å². The minimum Gasteiger partial charge on any atom is -0.471 e. The van der Waals surface area contributed by atoms with Crippen LogP contribution in [0, 0.1) is 27.7 Å². The molecule has 164 valence electrons. The molecule has 9 heteroatoms. The second kappa shape index (κ2) is 9.53. The standard InChI is InChI=1S/C22H24ClN3O4S/c1-6-29-22(28)18-14(4)15(5)31-21(18)24-20(27)17-7-8-26(25-17)11-30-16-9-12(2)19(23)13(3)10-16/h7-10H,6,11H2,1-5H3,(H,24,27). The fraction of sp³-hybridized carbons (Fsp3) is 0.318. The molecule has 1 N–H and O–H groups in total. The molecule has 0 atom stereocenters.